The summed E-state index contributed by atoms with van der Waals surface area (Å²) in [5, 5.41) is 3.35. The molecule has 3 nitrogen and oxygen atoms in total. The Morgan fingerprint density at radius 3 is 3.15 bits per heavy atom. The highest BCUT2D eigenvalue weighted by atomic mass is 32.2. The van der Waals surface area contributed by atoms with Crippen LogP contribution in [0.4, 0.5) is 0 Å². The van der Waals surface area contributed by atoms with Crippen molar-refractivity contribution in [2.24, 2.45) is 0 Å². The van der Waals surface area contributed by atoms with Crippen LogP contribution >= 0.6 is 11.8 Å². The van der Waals surface area contributed by atoms with Crippen LogP contribution in [0.25, 0.3) is 0 Å². The highest BCUT2D eigenvalue weighted by molar-refractivity contribution is 7.99. The lowest BCUT2D eigenvalue weighted by Crippen LogP contribution is -2.30. The lowest BCUT2D eigenvalue weighted by Gasteiger charge is -2.09. The Balaban J connectivity index is 1.96. The minimum Gasteiger partial charge on any atom is -0.466 e. The average Bonchev–Trinajstić information content (AvgIpc) is 2.57. The van der Waals surface area contributed by atoms with Crippen LogP contribution in [0, 0.1) is 0 Å². The normalized spacial score (nSPS) is 21.8. The molecule has 1 N–H and O–H groups in total. The predicted octanol–water partition coefficient (Wildman–Crippen LogP) is 1.03. The van der Waals surface area contributed by atoms with E-state index in [1.807, 2.05) is 18.7 Å². The Bertz CT molecular complexity index is 158. The Kier molecular flexibility index (Phi) is 5.23. The summed E-state index contributed by atoms with van der Waals surface area (Å²) < 4.78 is 4.82. The van der Waals surface area contributed by atoms with E-state index in [9.17, 15) is 4.79 Å². The van der Waals surface area contributed by atoms with Crippen LogP contribution in [-0.2, 0) is 9.53 Å². The van der Waals surface area contributed by atoms with Gasteiger partial charge in [-0.1, -0.05) is 0 Å². The zero-order valence-electron chi connectivity index (χ0n) is 8.04. The van der Waals surface area contributed by atoms with E-state index >= 15 is 0 Å². The molecule has 1 atom stereocenters. The average molecular weight is 203 g/mol. The fourth-order valence-electron chi connectivity index (χ4n) is 1.31. The second-order valence-corrected chi connectivity index (χ2v) is 4.22. The van der Waals surface area contributed by atoms with E-state index in [-0.39, 0.29) is 5.97 Å². The van der Waals surface area contributed by atoms with Gasteiger partial charge in [0.25, 0.3) is 0 Å². The van der Waals surface area contributed by atoms with Gasteiger partial charge in [0.2, 0.25) is 0 Å². The fourth-order valence-corrected chi connectivity index (χ4v) is 2.49. The smallest absolute Gasteiger partial charge is 0.307 e. The topological polar surface area (TPSA) is 38.3 Å². The van der Waals surface area contributed by atoms with Crippen molar-refractivity contribution in [3.63, 3.8) is 0 Å². The lowest BCUT2D eigenvalue weighted by molar-refractivity contribution is -0.142. The van der Waals surface area contributed by atoms with Gasteiger partial charge in [-0.15, -0.1) is 0 Å². The van der Waals surface area contributed by atoms with Crippen molar-refractivity contribution in [1.82, 2.24) is 5.32 Å². The van der Waals surface area contributed by atoms with Crippen molar-refractivity contribution in [1.29, 1.82) is 0 Å². The van der Waals surface area contributed by atoms with Gasteiger partial charge in [-0.25, -0.2) is 0 Å². The van der Waals surface area contributed by atoms with Gasteiger partial charge in [-0.05, 0) is 19.1 Å². The molecule has 0 aromatic heterocycles. The molecule has 0 aromatic rings. The number of ether oxygens (including phenoxy) is 1. The van der Waals surface area contributed by atoms with Gasteiger partial charge in [0.05, 0.1) is 13.0 Å². The van der Waals surface area contributed by atoms with Crippen LogP contribution in [0.5, 0.6) is 0 Å². The molecule has 1 unspecified atom stereocenters. The molecule has 4 heteroatoms. The maximum atomic E-state index is 10.9. The van der Waals surface area contributed by atoms with Crippen LogP contribution in [0.1, 0.15) is 19.8 Å². The first kappa shape index (κ1) is 10.9. The number of rotatable bonds is 5. The van der Waals surface area contributed by atoms with E-state index in [1.54, 1.807) is 0 Å². The Labute approximate surface area is 83.6 Å². The molecule has 0 bridgehead atoms. The molecule has 1 aliphatic rings. The number of carbonyl (C=O) groups excluding carboxylic acids is 1. The largest absolute Gasteiger partial charge is 0.466 e. The maximum Gasteiger partial charge on any atom is 0.307 e. The molecule has 0 radical (unpaired) electrons. The van der Waals surface area contributed by atoms with Gasteiger partial charge >= 0.3 is 5.97 Å². The molecule has 0 amide bonds. The molecule has 13 heavy (non-hydrogen) atoms. The third-order valence-corrected chi connectivity index (χ3v) is 3.16. The molecule has 1 saturated heterocycles. The fraction of sp³-hybridized carbons (Fsp3) is 0.889. The zero-order valence-corrected chi connectivity index (χ0v) is 8.86. The molecule has 1 heterocycles. The molecule has 1 fully saturated rings. The summed E-state index contributed by atoms with van der Waals surface area (Å²) in [5.74, 6) is 2.33. The number of carbonyl (C=O) groups is 1. The molecule has 0 aliphatic carbocycles. The second-order valence-electron chi connectivity index (χ2n) is 3.07. The molecule has 0 spiro atoms. The summed E-state index contributed by atoms with van der Waals surface area (Å²) in [4.78, 5) is 10.9. The molecule has 1 rings (SSSR count). The van der Waals surface area contributed by atoms with Crippen LogP contribution in [0.15, 0.2) is 0 Å². The van der Waals surface area contributed by atoms with E-state index in [4.69, 9.17) is 4.74 Å². The summed E-state index contributed by atoms with van der Waals surface area (Å²) in [6.45, 7) is 3.07. The number of hydrogen-bond acceptors (Lipinski definition) is 4. The minimum absolute atomic E-state index is 0.0966. The van der Waals surface area contributed by atoms with Crippen molar-refractivity contribution in [3.05, 3.63) is 0 Å². The van der Waals surface area contributed by atoms with Crippen molar-refractivity contribution in [2.45, 2.75) is 25.8 Å². The number of esters is 1. The van der Waals surface area contributed by atoms with Crippen molar-refractivity contribution >= 4 is 17.7 Å². The molecule has 0 saturated carbocycles. The minimum atomic E-state index is -0.0966. The van der Waals surface area contributed by atoms with Gasteiger partial charge in [-0.2, -0.15) is 11.8 Å². The van der Waals surface area contributed by atoms with Gasteiger partial charge in [0, 0.05) is 18.3 Å². The van der Waals surface area contributed by atoms with E-state index < -0.39 is 0 Å². The first-order valence-electron chi connectivity index (χ1n) is 4.79. The molecule has 0 aromatic carbocycles. The van der Waals surface area contributed by atoms with Crippen molar-refractivity contribution in [2.75, 3.05) is 24.7 Å². The molecule has 1 aliphatic heterocycles. The van der Waals surface area contributed by atoms with Crippen LogP contribution in [0.3, 0.4) is 0 Å². The number of hydrogen-bond donors (Lipinski definition) is 1. The third-order valence-electron chi connectivity index (χ3n) is 2.00. The van der Waals surface area contributed by atoms with Crippen molar-refractivity contribution < 1.29 is 9.53 Å². The molecular weight excluding hydrogens is 186 g/mol. The Morgan fingerprint density at radius 2 is 2.54 bits per heavy atom. The van der Waals surface area contributed by atoms with Crippen LogP contribution in [0.2, 0.25) is 0 Å². The monoisotopic (exact) mass is 203 g/mol. The molecular formula is C9H17NO2S. The predicted molar refractivity (Wildman–Crippen MR) is 55.0 cm³/mol. The van der Waals surface area contributed by atoms with E-state index in [0.717, 1.165) is 6.54 Å². The highest BCUT2D eigenvalue weighted by Gasteiger charge is 2.14. The SMILES string of the molecule is CCOC(=O)CCNC1CCSC1. The standard InChI is InChI=1S/C9H17NO2S/c1-2-12-9(11)3-5-10-8-4-6-13-7-8/h8,10H,2-7H2,1H3. The Morgan fingerprint density at radius 1 is 1.69 bits per heavy atom. The molecule has 76 valence electrons. The van der Waals surface area contributed by atoms with E-state index in [2.05, 4.69) is 5.32 Å². The van der Waals surface area contributed by atoms with Crippen LogP contribution in [-0.4, -0.2) is 36.7 Å². The lowest BCUT2D eigenvalue weighted by atomic mass is 10.2. The number of nitrogens with one attached hydrogen (secondary N) is 1. The number of thioether (sulfide) groups is 1. The summed E-state index contributed by atoms with van der Waals surface area (Å²) in [6.07, 6.45) is 1.72. The maximum absolute atomic E-state index is 10.9. The first-order valence-corrected chi connectivity index (χ1v) is 5.95. The summed E-state index contributed by atoms with van der Waals surface area (Å²) in [6, 6.07) is 0.611. The summed E-state index contributed by atoms with van der Waals surface area (Å²) in [7, 11) is 0. The van der Waals surface area contributed by atoms with E-state index in [0.29, 0.717) is 19.1 Å². The van der Waals surface area contributed by atoms with Gasteiger partial charge in [0.15, 0.2) is 0 Å². The Hall–Kier alpha value is -0.220. The van der Waals surface area contributed by atoms with Crippen LogP contribution < -0.4 is 5.32 Å². The van der Waals surface area contributed by atoms with Gasteiger partial charge < -0.3 is 10.1 Å². The quantitative estimate of drug-likeness (QED) is 0.677. The zero-order chi connectivity index (χ0) is 9.52. The van der Waals surface area contributed by atoms with E-state index in [1.165, 1.54) is 17.9 Å². The summed E-state index contributed by atoms with van der Waals surface area (Å²) >= 11 is 1.97. The second kappa shape index (κ2) is 6.27. The highest BCUT2D eigenvalue weighted by Crippen LogP contribution is 2.16. The summed E-state index contributed by atoms with van der Waals surface area (Å²) in [5.41, 5.74) is 0. The first-order chi connectivity index (χ1) is 6.33. The third kappa shape index (κ3) is 4.52. The van der Waals surface area contributed by atoms with Gasteiger partial charge in [-0.3, -0.25) is 4.79 Å². The van der Waals surface area contributed by atoms with Gasteiger partial charge in [0.1, 0.15) is 0 Å². The van der Waals surface area contributed by atoms with Crippen molar-refractivity contribution in [3.8, 4) is 0 Å².